The van der Waals surface area contributed by atoms with Crippen molar-refractivity contribution in [2.24, 2.45) is 0 Å². The number of nitrogens with zero attached hydrogens (tertiary/aromatic N) is 3. The van der Waals surface area contributed by atoms with Crippen LogP contribution in [0.15, 0.2) is 45.5 Å². The number of rotatable bonds is 8. The summed E-state index contributed by atoms with van der Waals surface area (Å²) >= 11 is 1.58. The number of carbonyl (C=O) groups excluding carboxylic acids is 1. The van der Waals surface area contributed by atoms with Crippen molar-refractivity contribution >= 4 is 17.2 Å². The number of hydrogen-bond acceptors (Lipinski definition) is 6. The Labute approximate surface area is 156 Å². The Morgan fingerprint density at radius 1 is 1.23 bits per heavy atom. The van der Waals surface area contributed by atoms with Crippen molar-refractivity contribution in [3.63, 3.8) is 0 Å². The molecule has 0 bridgehead atoms. The summed E-state index contributed by atoms with van der Waals surface area (Å²) in [6, 6.07) is 9.68. The van der Waals surface area contributed by atoms with Crippen LogP contribution in [0.3, 0.4) is 0 Å². The van der Waals surface area contributed by atoms with Crippen LogP contribution in [-0.2, 0) is 17.8 Å². The first-order valence-electron chi connectivity index (χ1n) is 8.45. The second kappa shape index (κ2) is 8.62. The molecule has 2 heterocycles. The first-order valence-corrected chi connectivity index (χ1v) is 9.39. The van der Waals surface area contributed by atoms with E-state index in [-0.39, 0.29) is 5.91 Å². The van der Waals surface area contributed by atoms with Gasteiger partial charge in [0.25, 0.3) is 0 Å². The Hall–Kier alpha value is -2.67. The van der Waals surface area contributed by atoms with Gasteiger partial charge in [-0.3, -0.25) is 4.79 Å². The number of methoxy groups -OCH3 is 1. The SMILES string of the molecule is CCN(Cc1ccc(OC)cc1)C(=O)CCc1nnc(-c2ccsc2)o1. The molecule has 2 aromatic heterocycles. The van der Waals surface area contributed by atoms with E-state index in [4.69, 9.17) is 9.15 Å². The number of aromatic nitrogens is 2. The van der Waals surface area contributed by atoms with Crippen molar-refractivity contribution in [2.75, 3.05) is 13.7 Å². The number of carbonyl (C=O) groups is 1. The summed E-state index contributed by atoms with van der Waals surface area (Å²) in [5.41, 5.74) is 1.98. The Morgan fingerprint density at radius 2 is 2.04 bits per heavy atom. The smallest absolute Gasteiger partial charge is 0.248 e. The molecule has 3 aromatic rings. The van der Waals surface area contributed by atoms with Gasteiger partial charge in [-0.05, 0) is 36.1 Å². The molecule has 3 rings (SSSR count). The fraction of sp³-hybridized carbons (Fsp3) is 0.316. The van der Waals surface area contributed by atoms with E-state index < -0.39 is 0 Å². The minimum atomic E-state index is 0.0681. The van der Waals surface area contributed by atoms with Crippen molar-refractivity contribution in [2.45, 2.75) is 26.3 Å². The zero-order valence-electron chi connectivity index (χ0n) is 14.8. The molecule has 0 aliphatic heterocycles. The average Bonchev–Trinajstić information content (AvgIpc) is 3.36. The number of ether oxygens (including phenoxy) is 1. The molecule has 0 spiro atoms. The third-order valence-electron chi connectivity index (χ3n) is 4.05. The number of amides is 1. The zero-order valence-corrected chi connectivity index (χ0v) is 15.7. The van der Waals surface area contributed by atoms with Gasteiger partial charge in [0.1, 0.15) is 5.75 Å². The van der Waals surface area contributed by atoms with Crippen LogP contribution in [-0.4, -0.2) is 34.7 Å². The second-order valence-electron chi connectivity index (χ2n) is 5.77. The van der Waals surface area contributed by atoms with Crippen LogP contribution in [0.2, 0.25) is 0 Å². The van der Waals surface area contributed by atoms with Gasteiger partial charge >= 0.3 is 0 Å². The summed E-state index contributed by atoms with van der Waals surface area (Å²) in [6.45, 7) is 3.20. The molecule has 0 unspecified atom stereocenters. The lowest BCUT2D eigenvalue weighted by molar-refractivity contribution is -0.131. The highest BCUT2D eigenvalue weighted by molar-refractivity contribution is 7.08. The number of benzene rings is 1. The molecule has 1 aromatic carbocycles. The minimum Gasteiger partial charge on any atom is -0.497 e. The van der Waals surface area contributed by atoms with Crippen LogP contribution >= 0.6 is 11.3 Å². The van der Waals surface area contributed by atoms with Gasteiger partial charge in [0.15, 0.2) is 0 Å². The summed E-state index contributed by atoms with van der Waals surface area (Å²) in [6.07, 6.45) is 0.782. The molecule has 0 aliphatic rings. The first-order chi connectivity index (χ1) is 12.7. The van der Waals surface area contributed by atoms with E-state index in [1.54, 1.807) is 18.4 Å². The normalized spacial score (nSPS) is 10.7. The minimum absolute atomic E-state index is 0.0681. The molecule has 1 amide bonds. The van der Waals surface area contributed by atoms with Gasteiger partial charge in [-0.2, -0.15) is 11.3 Å². The van der Waals surface area contributed by atoms with Gasteiger partial charge in [0, 0.05) is 36.9 Å². The van der Waals surface area contributed by atoms with Crippen LogP contribution in [0.25, 0.3) is 11.5 Å². The quantitative estimate of drug-likeness (QED) is 0.603. The molecular formula is C19H21N3O3S. The topological polar surface area (TPSA) is 68.5 Å². The van der Waals surface area contributed by atoms with Gasteiger partial charge in [0.2, 0.25) is 17.7 Å². The van der Waals surface area contributed by atoms with Crippen LogP contribution in [0, 0.1) is 0 Å². The highest BCUT2D eigenvalue weighted by atomic mass is 32.1. The molecular weight excluding hydrogens is 350 g/mol. The van der Waals surface area contributed by atoms with E-state index in [1.165, 1.54) is 0 Å². The average molecular weight is 371 g/mol. The summed E-state index contributed by atoms with van der Waals surface area (Å²) in [5.74, 6) is 1.86. The molecule has 0 aliphatic carbocycles. The Morgan fingerprint density at radius 3 is 2.69 bits per heavy atom. The lowest BCUT2D eigenvalue weighted by Crippen LogP contribution is -2.30. The maximum absolute atomic E-state index is 12.5. The van der Waals surface area contributed by atoms with Crippen molar-refractivity contribution < 1.29 is 13.9 Å². The van der Waals surface area contributed by atoms with Crippen LogP contribution in [0.5, 0.6) is 5.75 Å². The van der Waals surface area contributed by atoms with E-state index in [0.717, 1.165) is 16.9 Å². The van der Waals surface area contributed by atoms with E-state index in [0.29, 0.717) is 37.7 Å². The van der Waals surface area contributed by atoms with E-state index in [1.807, 2.05) is 52.9 Å². The fourth-order valence-electron chi connectivity index (χ4n) is 2.56. The van der Waals surface area contributed by atoms with Crippen molar-refractivity contribution in [1.82, 2.24) is 15.1 Å². The Kier molecular flexibility index (Phi) is 6.01. The summed E-state index contributed by atoms with van der Waals surface area (Å²) < 4.78 is 10.8. The van der Waals surface area contributed by atoms with Gasteiger partial charge in [0.05, 0.1) is 7.11 Å². The highest BCUT2D eigenvalue weighted by Gasteiger charge is 2.15. The number of aryl methyl sites for hydroxylation is 1. The van der Waals surface area contributed by atoms with Crippen molar-refractivity contribution in [3.05, 3.63) is 52.5 Å². The molecule has 26 heavy (non-hydrogen) atoms. The Bertz CT molecular complexity index is 828. The Balaban J connectivity index is 1.55. The van der Waals surface area contributed by atoms with Crippen LogP contribution in [0.4, 0.5) is 0 Å². The molecule has 0 saturated heterocycles. The van der Waals surface area contributed by atoms with Gasteiger partial charge < -0.3 is 14.1 Å². The maximum atomic E-state index is 12.5. The lowest BCUT2D eigenvalue weighted by Gasteiger charge is -2.21. The predicted molar refractivity (Wildman–Crippen MR) is 100 cm³/mol. The predicted octanol–water partition coefficient (Wildman–Crippen LogP) is 3.79. The van der Waals surface area contributed by atoms with Crippen LogP contribution < -0.4 is 4.74 Å². The molecule has 0 atom stereocenters. The van der Waals surface area contributed by atoms with E-state index in [2.05, 4.69) is 10.2 Å². The zero-order chi connectivity index (χ0) is 18.4. The molecule has 6 nitrogen and oxygen atoms in total. The van der Waals surface area contributed by atoms with Gasteiger partial charge in [-0.1, -0.05) is 12.1 Å². The largest absolute Gasteiger partial charge is 0.497 e. The van der Waals surface area contributed by atoms with E-state index in [9.17, 15) is 4.79 Å². The fourth-order valence-corrected chi connectivity index (χ4v) is 3.19. The van der Waals surface area contributed by atoms with Crippen molar-refractivity contribution in [3.8, 4) is 17.2 Å². The maximum Gasteiger partial charge on any atom is 0.248 e. The van der Waals surface area contributed by atoms with Gasteiger partial charge in [-0.15, -0.1) is 10.2 Å². The van der Waals surface area contributed by atoms with Crippen LogP contribution in [0.1, 0.15) is 24.8 Å². The lowest BCUT2D eigenvalue weighted by atomic mass is 10.2. The molecule has 0 radical (unpaired) electrons. The van der Waals surface area contributed by atoms with E-state index >= 15 is 0 Å². The summed E-state index contributed by atoms with van der Waals surface area (Å²) in [4.78, 5) is 14.3. The summed E-state index contributed by atoms with van der Waals surface area (Å²) in [5, 5.41) is 12.0. The molecule has 0 saturated carbocycles. The summed E-state index contributed by atoms with van der Waals surface area (Å²) in [7, 11) is 1.64. The highest BCUT2D eigenvalue weighted by Crippen LogP contribution is 2.21. The van der Waals surface area contributed by atoms with Gasteiger partial charge in [-0.25, -0.2) is 0 Å². The molecule has 7 heteroatoms. The number of hydrogen-bond donors (Lipinski definition) is 0. The molecule has 0 fully saturated rings. The monoisotopic (exact) mass is 371 g/mol. The third kappa shape index (κ3) is 4.49. The van der Waals surface area contributed by atoms with Crippen molar-refractivity contribution in [1.29, 1.82) is 0 Å². The first kappa shape index (κ1) is 18.1. The standard InChI is InChI=1S/C19H21N3O3S/c1-3-22(12-14-4-6-16(24-2)7-5-14)18(23)9-8-17-20-21-19(25-17)15-10-11-26-13-15/h4-7,10-11,13H,3,8-9,12H2,1-2H3. The molecule has 0 N–H and O–H groups in total. The molecule has 136 valence electrons. The number of thiophene rings is 1. The third-order valence-corrected chi connectivity index (χ3v) is 4.74. The second-order valence-corrected chi connectivity index (χ2v) is 6.55.